The Kier molecular flexibility index (Phi) is 7.63. The summed E-state index contributed by atoms with van der Waals surface area (Å²) >= 11 is 0. The second-order valence-electron chi connectivity index (χ2n) is 9.64. The molecular weight excluding hydrogens is 558 g/mol. The maximum Gasteiger partial charge on any atom is 0.225 e. The third-order valence-corrected chi connectivity index (χ3v) is 7.70. The molecule has 0 saturated heterocycles. The maximum absolute atomic E-state index is 14.3. The van der Waals surface area contributed by atoms with Crippen molar-refractivity contribution in [3.05, 3.63) is 119 Å². The molecule has 1 atom stereocenters. The highest BCUT2D eigenvalue weighted by Crippen LogP contribution is 2.31. The number of hydrogen-bond acceptors (Lipinski definition) is 4. The van der Waals surface area contributed by atoms with Crippen molar-refractivity contribution in [1.29, 1.82) is 0 Å². The van der Waals surface area contributed by atoms with E-state index in [0.29, 0.717) is 27.6 Å². The van der Waals surface area contributed by atoms with Gasteiger partial charge in [-0.25, -0.2) is 26.0 Å². The van der Waals surface area contributed by atoms with Crippen molar-refractivity contribution in [2.24, 2.45) is 0 Å². The molecule has 41 heavy (non-hydrogen) atoms. The monoisotopic (exact) mass is 581 g/mol. The van der Waals surface area contributed by atoms with Crippen LogP contribution >= 0.6 is 0 Å². The van der Waals surface area contributed by atoms with Crippen LogP contribution in [0.2, 0.25) is 0 Å². The largest absolute Gasteiger partial charge is 0.361 e. The molecule has 210 valence electrons. The molecule has 0 unspecified atom stereocenters. The minimum Gasteiger partial charge on any atom is -0.361 e. The second-order valence-corrected chi connectivity index (χ2v) is 11.6. The number of carbonyl (C=O) groups excluding carboxylic acids is 1. The van der Waals surface area contributed by atoms with Crippen LogP contribution in [-0.4, -0.2) is 30.5 Å². The lowest BCUT2D eigenvalue weighted by Gasteiger charge is -2.22. The number of nitrogens with one attached hydrogen (secondary N) is 2. The lowest BCUT2D eigenvalue weighted by Crippen LogP contribution is -2.32. The van der Waals surface area contributed by atoms with E-state index in [0.717, 1.165) is 30.5 Å². The number of sulfone groups is 1. The van der Waals surface area contributed by atoms with Gasteiger partial charge in [0.05, 0.1) is 18.2 Å². The molecule has 1 amide bonds. The zero-order chi connectivity index (χ0) is 29.3. The summed E-state index contributed by atoms with van der Waals surface area (Å²) < 4.78 is 80.4. The molecule has 3 aromatic carbocycles. The van der Waals surface area contributed by atoms with Gasteiger partial charge in [-0.1, -0.05) is 12.1 Å². The molecule has 5 rings (SSSR count). The minimum absolute atomic E-state index is 0.0658. The Hall–Kier alpha value is -4.51. The average molecular weight is 582 g/mol. The van der Waals surface area contributed by atoms with Crippen molar-refractivity contribution in [2.75, 3.05) is 6.26 Å². The Balaban J connectivity index is 1.54. The summed E-state index contributed by atoms with van der Waals surface area (Å²) in [5.41, 5.74) is 2.34. The number of aromatic amines is 1. The molecule has 0 fully saturated rings. The summed E-state index contributed by atoms with van der Waals surface area (Å²) in [7, 11) is -3.90. The van der Waals surface area contributed by atoms with E-state index in [1.807, 2.05) is 0 Å². The van der Waals surface area contributed by atoms with Crippen LogP contribution in [0.3, 0.4) is 0 Å². The van der Waals surface area contributed by atoms with Gasteiger partial charge in [0, 0.05) is 41.2 Å². The number of benzene rings is 3. The molecule has 0 aliphatic carbocycles. The van der Waals surface area contributed by atoms with Gasteiger partial charge in [-0.2, -0.15) is 0 Å². The number of carbonyl (C=O) groups is 1. The van der Waals surface area contributed by atoms with Crippen LogP contribution in [0.5, 0.6) is 0 Å². The SMILES string of the molecule is CS(=O)(=O)c1cc(-c2cccnc2[C@H](Cc2cc(F)cc(F)c2)NC(=O)Cc2c[nH]c3cc(F)ccc23)ccc1F. The normalized spacial score (nSPS) is 12.4. The lowest BCUT2D eigenvalue weighted by molar-refractivity contribution is -0.121. The van der Waals surface area contributed by atoms with Crippen LogP contribution in [0.25, 0.3) is 22.0 Å². The molecule has 0 bridgehead atoms. The van der Waals surface area contributed by atoms with E-state index in [1.165, 1.54) is 30.5 Å². The number of halogens is 4. The summed E-state index contributed by atoms with van der Waals surface area (Å²) in [5.74, 6) is -3.40. The number of aromatic nitrogens is 2. The van der Waals surface area contributed by atoms with E-state index in [1.54, 1.807) is 24.4 Å². The topological polar surface area (TPSA) is 91.9 Å². The molecule has 0 spiro atoms. The van der Waals surface area contributed by atoms with Gasteiger partial charge in [-0.05, 0) is 71.6 Å². The number of nitrogens with zero attached hydrogens (tertiary/aromatic N) is 1. The molecule has 11 heteroatoms. The Morgan fingerprint density at radius 3 is 2.44 bits per heavy atom. The zero-order valence-corrected chi connectivity index (χ0v) is 22.4. The summed E-state index contributed by atoms with van der Waals surface area (Å²) in [4.78, 5) is 20.2. The van der Waals surface area contributed by atoms with Gasteiger partial charge in [0.1, 0.15) is 28.2 Å². The van der Waals surface area contributed by atoms with E-state index in [9.17, 15) is 30.8 Å². The van der Waals surface area contributed by atoms with Crippen LogP contribution in [0.15, 0.2) is 84.0 Å². The van der Waals surface area contributed by atoms with Crippen molar-refractivity contribution in [1.82, 2.24) is 15.3 Å². The Labute approximate surface area is 233 Å². The van der Waals surface area contributed by atoms with Gasteiger partial charge < -0.3 is 10.3 Å². The maximum atomic E-state index is 14.3. The van der Waals surface area contributed by atoms with Crippen molar-refractivity contribution >= 4 is 26.6 Å². The summed E-state index contributed by atoms with van der Waals surface area (Å²) in [6, 6.07) is 13.0. The summed E-state index contributed by atoms with van der Waals surface area (Å²) in [6.07, 6.45) is 3.78. The van der Waals surface area contributed by atoms with Gasteiger partial charge in [0.2, 0.25) is 5.91 Å². The smallest absolute Gasteiger partial charge is 0.225 e. The van der Waals surface area contributed by atoms with Crippen LogP contribution in [0, 0.1) is 23.3 Å². The summed E-state index contributed by atoms with van der Waals surface area (Å²) in [5, 5.41) is 3.53. The molecule has 6 nitrogen and oxygen atoms in total. The van der Waals surface area contributed by atoms with Gasteiger partial charge >= 0.3 is 0 Å². The number of amides is 1. The van der Waals surface area contributed by atoms with E-state index >= 15 is 0 Å². The predicted molar refractivity (Wildman–Crippen MR) is 146 cm³/mol. The molecule has 0 aliphatic heterocycles. The quantitative estimate of drug-likeness (QED) is 0.226. The minimum atomic E-state index is -3.90. The highest BCUT2D eigenvalue weighted by molar-refractivity contribution is 7.90. The van der Waals surface area contributed by atoms with Gasteiger partial charge in [0.25, 0.3) is 0 Å². The third kappa shape index (κ3) is 6.30. The molecule has 2 aromatic heterocycles. The first-order valence-electron chi connectivity index (χ1n) is 12.4. The molecule has 0 saturated carbocycles. The highest BCUT2D eigenvalue weighted by Gasteiger charge is 2.23. The average Bonchev–Trinajstić information content (AvgIpc) is 3.28. The van der Waals surface area contributed by atoms with Crippen LogP contribution in [0.1, 0.15) is 22.9 Å². The van der Waals surface area contributed by atoms with Crippen LogP contribution in [-0.2, 0) is 27.5 Å². The van der Waals surface area contributed by atoms with Crippen molar-refractivity contribution < 1.29 is 30.8 Å². The highest BCUT2D eigenvalue weighted by atomic mass is 32.2. The van der Waals surface area contributed by atoms with Crippen molar-refractivity contribution in [2.45, 2.75) is 23.8 Å². The van der Waals surface area contributed by atoms with E-state index in [2.05, 4.69) is 15.3 Å². The molecule has 0 radical (unpaired) electrons. The first-order valence-corrected chi connectivity index (χ1v) is 14.3. The fourth-order valence-corrected chi connectivity index (χ4v) is 5.56. The fraction of sp³-hybridized carbons (Fsp3) is 0.133. The Bertz CT molecular complexity index is 1870. The molecular formula is C30H23F4N3O3S. The molecule has 5 aromatic rings. The Morgan fingerprint density at radius 2 is 1.71 bits per heavy atom. The van der Waals surface area contributed by atoms with Crippen LogP contribution < -0.4 is 5.32 Å². The van der Waals surface area contributed by atoms with Crippen molar-refractivity contribution in [3.8, 4) is 11.1 Å². The van der Waals surface area contributed by atoms with Gasteiger partial charge in [0.15, 0.2) is 9.84 Å². The van der Waals surface area contributed by atoms with Crippen LogP contribution in [0.4, 0.5) is 17.6 Å². The third-order valence-electron chi connectivity index (χ3n) is 6.59. The number of rotatable bonds is 8. The number of H-pyrrole nitrogens is 1. The number of fused-ring (bicyclic) bond motifs is 1. The molecule has 0 aliphatic rings. The first-order chi connectivity index (χ1) is 19.5. The standard InChI is InChI=1S/C30H23F4N3O3S/c1-41(39,40)28-12-18(4-7-25(28)34)24-3-2-8-35-30(24)27(11-17-9-21(32)14-22(33)10-17)37-29(38)13-19-16-36-26-15-20(31)5-6-23(19)26/h2-10,12,14-16,27,36H,11,13H2,1H3,(H,37,38)/t27-/m0/s1. The molecule has 2 N–H and O–H groups in total. The van der Waals surface area contributed by atoms with E-state index in [4.69, 9.17) is 0 Å². The lowest BCUT2D eigenvalue weighted by atomic mass is 9.95. The molecule has 2 heterocycles. The summed E-state index contributed by atoms with van der Waals surface area (Å²) in [6.45, 7) is 0. The zero-order valence-electron chi connectivity index (χ0n) is 21.6. The number of hydrogen-bond donors (Lipinski definition) is 2. The second kappa shape index (κ2) is 11.2. The Morgan fingerprint density at radius 1 is 0.951 bits per heavy atom. The van der Waals surface area contributed by atoms with E-state index in [-0.39, 0.29) is 24.1 Å². The van der Waals surface area contributed by atoms with Gasteiger partial charge in [-0.15, -0.1) is 0 Å². The predicted octanol–water partition coefficient (Wildman–Crippen LogP) is 5.83. The van der Waals surface area contributed by atoms with Crippen molar-refractivity contribution in [3.63, 3.8) is 0 Å². The first kappa shape index (κ1) is 28.0. The van der Waals surface area contributed by atoms with E-state index < -0.39 is 50.0 Å². The van der Waals surface area contributed by atoms with Gasteiger partial charge in [-0.3, -0.25) is 9.78 Å². The number of pyridine rings is 1. The fourth-order valence-electron chi connectivity index (χ4n) is 4.80.